The molecular weight excluding hydrogens is 366 g/mol. The summed E-state index contributed by atoms with van der Waals surface area (Å²) in [4.78, 5) is 2.48. The van der Waals surface area contributed by atoms with E-state index >= 15 is 0 Å². The molecule has 2 nitrogen and oxygen atoms in total. The van der Waals surface area contributed by atoms with Crippen LogP contribution in [-0.2, 0) is 6.42 Å². The van der Waals surface area contributed by atoms with Gasteiger partial charge in [-0.2, -0.15) is 0 Å². The van der Waals surface area contributed by atoms with Crippen LogP contribution < -0.4 is 5.73 Å². The lowest BCUT2D eigenvalue weighted by Crippen LogP contribution is -2.37. The Morgan fingerprint density at radius 1 is 1.25 bits per heavy atom. The molecule has 2 rings (SSSR count). The molecule has 0 atom stereocenters. The zero-order valence-electron chi connectivity index (χ0n) is 11.4. The van der Waals surface area contributed by atoms with E-state index in [-0.39, 0.29) is 30.6 Å². The second-order valence-electron chi connectivity index (χ2n) is 5.02. The fourth-order valence-electron chi connectivity index (χ4n) is 2.43. The number of benzene rings is 1. The van der Waals surface area contributed by atoms with Crippen molar-refractivity contribution in [1.29, 1.82) is 0 Å². The fraction of sp³-hybridized carbons (Fsp3) is 0.571. The summed E-state index contributed by atoms with van der Waals surface area (Å²) in [6.45, 7) is 4.16. The molecule has 0 amide bonds. The van der Waals surface area contributed by atoms with Crippen molar-refractivity contribution in [1.82, 2.24) is 4.90 Å². The minimum absolute atomic E-state index is 0. The Hall–Kier alpha value is 0.130. The summed E-state index contributed by atoms with van der Waals surface area (Å²) in [5, 5.41) is 0. The number of nitrogens with two attached hydrogens (primary N) is 1. The topological polar surface area (TPSA) is 29.3 Å². The summed E-state index contributed by atoms with van der Waals surface area (Å²) in [6.07, 6.45) is 3.40. The van der Waals surface area contributed by atoms with Crippen LogP contribution in [0.3, 0.4) is 0 Å². The lowest BCUT2D eigenvalue weighted by molar-refractivity contribution is 0.189. The van der Waals surface area contributed by atoms with Crippen molar-refractivity contribution >= 4 is 40.7 Å². The van der Waals surface area contributed by atoms with Crippen LogP contribution in [0.25, 0.3) is 0 Å². The third-order valence-electron chi connectivity index (χ3n) is 3.74. The van der Waals surface area contributed by atoms with Gasteiger partial charge >= 0.3 is 0 Å². The molecule has 6 heteroatoms. The SMILES string of the molecule is Cl.Cl.NCC1CCN(CCc2ccc(F)c(Br)c2)CC1. The van der Waals surface area contributed by atoms with E-state index in [0.29, 0.717) is 10.4 Å². The number of hydrogen-bond donors (Lipinski definition) is 1. The van der Waals surface area contributed by atoms with Gasteiger partial charge in [-0.05, 0) is 78.4 Å². The molecule has 116 valence electrons. The number of nitrogens with zero attached hydrogens (tertiary/aromatic N) is 1. The first-order valence-electron chi connectivity index (χ1n) is 6.55. The van der Waals surface area contributed by atoms with Crippen molar-refractivity contribution in [3.63, 3.8) is 0 Å². The number of likely N-dealkylation sites (tertiary alicyclic amines) is 1. The van der Waals surface area contributed by atoms with Gasteiger partial charge < -0.3 is 10.6 Å². The summed E-state index contributed by atoms with van der Waals surface area (Å²) in [5.41, 5.74) is 6.87. The monoisotopic (exact) mass is 386 g/mol. The van der Waals surface area contributed by atoms with Crippen LogP contribution >= 0.6 is 40.7 Å². The fourth-order valence-corrected chi connectivity index (χ4v) is 2.85. The largest absolute Gasteiger partial charge is 0.330 e. The van der Waals surface area contributed by atoms with Gasteiger partial charge in [0, 0.05) is 6.54 Å². The first-order valence-corrected chi connectivity index (χ1v) is 7.34. The van der Waals surface area contributed by atoms with Crippen LogP contribution in [0, 0.1) is 11.7 Å². The summed E-state index contributed by atoms with van der Waals surface area (Å²) >= 11 is 3.23. The summed E-state index contributed by atoms with van der Waals surface area (Å²) in [7, 11) is 0. The van der Waals surface area contributed by atoms with Crippen molar-refractivity contribution in [3.8, 4) is 0 Å². The predicted molar refractivity (Wildman–Crippen MR) is 90.5 cm³/mol. The standard InChI is InChI=1S/C14H20BrFN2.2ClH/c15-13-9-11(1-2-14(13)16)3-6-18-7-4-12(10-17)5-8-18;;/h1-2,9,12H,3-8,10,17H2;2*1H. The number of halogens is 4. The van der Waals surface area contributed by atoms with Gasteiger partial charge in [-0.1, -0.05) is 6.07 Å². The second kappa shape index (κ2) is 9.96. The zero-order chi connectivity index (χ0) is 13.0. The maximum atomic E-state index is 13.1. The lowest BCUT2D eigenvalue weighted by Gasteiger charge is -2.31. The third kappa shape index (κ3) is 5.86. The number of hydrogen-bond acceptors (Lipinski definition) is 2. The highest BCUT2D eigenvalue weighted by Gasteiger charge is 2.17. The molecule has 0 bridgehead atoms. The zero-order valence-corrected chi connectivity index (χ0v) is 14.6. The van der Waals surface area contributed by atoms with E-state index in [1.54, 1.807) is 0 Å². The van der Waals surface area contributed by atoms with E-state index in [2.05, 4.69) is 20.8 Å². The van der Waals surface area contributed by atoms with Crippen LogP contribution in [0.1, 0.15) is 18.4 Å². The van der Waals surface area contributed by atoms with E-state index < -0.39 is 0 Å². The Morgan fingerprint density at radius 3 is 2.45 bits per heavy atom. The molecule has 0 aromatic heterocycles. The molecule has 0 saturated carbocycles. The van der Waals surface area contributed by atoms with Gasteiger partial charge in [0.2, 0.25) is 0 Å². The first kappa shape index (κ1) is 20.1. The quantitative estimate of drug-likeness (QED) is 0.854. The molecule has 2 N–H and O–H groups in total. The van der Waals surface area contributed by atoms with Gasteiger partial charge in [-0.15, -0.1) is 24.8 Å². The molecular formula is C14H22BrCl2FN2. The Bertz CT molecular complexity index is 399. The van der Waals surface area contributed by atoms with Crippen molar-refractivity contribution in [2.75, 3.05) is 26.2 Å². The molecule has 1 aliphatic heterocycles. The van der Waals surface area contributed by atoms with Crippen LogP contribution in [0.15, 0.2) is 22.7 Å². The summed E-state index contributed by atoms with van der Waals surface area (Å²) in [6, 6.07) is 5.27. The maximum absolute atomic E-state index is 13.1. The molecule has 0 aliphatic carbocycles. The molecule has 1 fully saturated rings. The van der Waals surface area contributed by atoms with Crippen LogP contribution in [0.4, 0.5) is 4.39 Å². The molecule has 0 unspecified atom stereocenters. The van der Waals surface area contributed by atoms with E-state index in [1.165, 1.54) is 24.5 Å². The average molecular weight is 388 g/mol. The maximum Gasteiger partial charge on any atom is 0.137 e. The summed E-state index contributed by atoms with van der Waals surface area (Å²) in [5.74, 6) is 0.517. The van der Waals surface area contributed by atoms with Gasteiger partial charge in [-0.25, -0.2) is 4.39 Å². The number of rotatable bonds is 4. The average Bonchev–Trinajstić information content (AvgIpc) is 2.41. The predicted octanol–water partition coefficient (Wildman–Crippen LogP) is 3.65. The molecule has 0 radical (unpaired) electrons. The molecule has 0 spiro atoms. The normalized spacial score (nSPS) is 16.4. The smallest absolute Gasteiger partial charge is 0.137 e. The highest BCUT2D eigenvalue weighted by atomic mass is 79.9. The summed E-state index contributed by atoms with van der Waals surface area (Å²) < 4.78 is 13.7. The van der Waals surface area contributed by atoms with Crippen LogP contribution in [0.2, 0.25) is 0 Å². The van der Waals surface area contributed by atoms with Gasteiger partial charge in [-0.3, -0.25) is 0 Å². The van der Waals surface area contributed by atoms with E-state index in [9.17, 15) is 4.39 Å². The van der Waals surface area contributed by atoms with Crippen LogP contribution in [0.5, 0.6) is 0 Å². The molecule has 20 heavy (non-hydrogen) atoms. The van der Waals surface area contributed by atoms with Gasteiger partial charge in [0.15, 0.2) is 0 Å². The van der Waals surface area contributed by atoms with Gasteiger partial charge in [0.25, 0.3) is 0 Å². The van der Waals surface area contributed by atoms with E-state index in [1.807, 2.05) is 12.1 Å². The second-order valence-corrected chi connectivity index (χ2v) is 5.87. The van der Waals surface area contributed by atoms with Crippen LogP contribution in [-0.4, -0.2) is 31.1 Å². The molecule has 1 heterocycles. The van der Waals surface area contributed by atoms with Crippen molar-refractivity contribution < 1.29 is 4.39 Å². The Morgan fingerprint density at radius 2 is 1.90 bits per heavy atom. The van der Waals surface area contributed by atoms with Gasteiger partial charge in [0.05, 0.1) is 4.47 Å². The molecule has 1 aromatic carbocycles. The Kier molecular flexibility index (Phi) is 10.0. The molecule has 1 aliphatic rings. The lowest BCUT2D eigenvalue weighted by atomic mass is 9.97. The highest BCUT2D eigenvalue weighted by Crippen LogP contribution is 2.19. The van der Waals surface area contributed by atoms with E-state index in [0.717, 1.165) is 32.6 Å². The van der Waals surface area contributed by atoms with Crippen molar-refractivity contribution in [2.24, 2.45) is 11.7 Å². The Labute approximate surface area is 141 Å². The Balaban J connectivity index is 0.00000180. The van der Waals surface area contributed by atoms with Gasteiger partial charge in [0.1, 0.15) is 5.82 Å². The highest BCUT2D eigenvalue weighted by molar-refractivity contribution is 9.10. The molecule has 1 aromatic rings. The molecule has 1 saturated heterocycles. The minimum Gasteiger partial charge on any atom is -0.330 e. The van der Waals surface area contributed by atoms with E-state index in [4.69, 9.17) is 5.73 Å². The van der Waals surface area contributed by atoms with Crippen molar-refractivity contribution in [2.45, 2.75) is 19.3 Å². The minimum atomic E-state index is -0.192. The first-order chi connectivity index (χ1) is 8.69. The number of piperidine rings is 1. The van der Waals surface area contributed by atoms with Crippen molar-refractivity contribution in [3.05, 3.63) is 34.1 Å². The third-order valence-corrected chi connectivity index (χ3v) is 4.35.